The number of nitrogens with one attached hydrogen (secondary N) is 2. The summed E-state index contributed by atoms with van der Waals surface area (Å²) in [6.45, 7) is -0.0715. The van der Waals surface area contributed by atoms with Gasteiger partial charge in [-0.05, 0) is 17.7 Å². The molecule has 0 aliphatic carbocycles. The van der Waals surface area contributed by atoms with Crippen molar-refractivity contribution in [1.29, 1.82) is 0 Å². The lowest BCUT2D eigenvalue weighted by atomic mass is 9.98. The Morgan fingerprint density at radius 1 is 1.26 bits per heavy atom. The third-order valence-corrected chi connectivity index (χ3v) is 8.31. The van der Waals surface area contributed by atoms with Gasteiger partial charge in [-0.1, -0.05) is 18.2 Å². The second-order valence-electron chi connectivity index (χ2n) is 6.96. The van der Waals surface area contributed by atoms with Crippen LogP contribution in [0, 0.1) is 0 Å². The Morgan fingerprint density at radius 3 is 2.63 bits per heavy atom. The van der Waals surface area contributed by atoms with Crippen LogP contribution in [0.25, 0.3) is 21.3 Å². The van der Waals surface area contributed by atoms with Crippen LogP contribution in [0.1, 0.15) is 10.6 Å². The Balaban J connectivity index is 2.37. The van der Waals surface area contributed by atoms with Crippen molar-refractivity contribution < 1.29 is 22.0 Å². The first kappa shape index (κ1) is 27.0. The second kappa shape index (κ2) is 11.4. The third-order valence-electron chi connectivity index (χ3n) is 4.79. The fourth-order valence-corrected chi connectivity index (χ4v) is 6.48. The lowest BCUT2D eigenvalue weighted by molar-refractivity contribution is 0.187. The molecule has 3 aromatic rings. The van der Waals surface area contributed by atoms with Gasteiger partial charge in [-0.15, -0.1) is 16.4 Å². The standard InChI is InChI=1S/C18H25N9O5S3/c19-6-9(28)8-24-34(29)13-5-4-10(11-2-1-3-12-16(11)25-14(7-20)33-12)15(18(21)26-27-22)17(13)35(30,31)32-23/h1-5,9,24,27-28H,6-8,19-20,22-23H2,(H2,21,26)/t9-,34?/m0/s1. The van der Waals surface area contributed by atoms with Crippen LogP contribution < -0.4 is 39.2 Å². The quantitative estimate of drug-likeness (QED) is 0.0566. The maximum atomic E-state index is 13.0. The van der Waals surface area contributed by atoms with Gasteiger partial charge in [-0.25, -0.2) is 25.3 Å². The van der Waals surface area contributed by atoms with Crippen LogP contribution in [0.5, 0.6) is 0 Å². The molecule has 0 spiro atoms. The normalized spacial score (nSPS) is 14.3. The molecule has 13 N–H and O–H groups in total. The molecule has 0 aliphatic rings. The van der Waals surface area contributed by atoms with Gasteiger partial charge in [0.15, 0.2) is 5.84 Å². The molecule has 0 saturated heterocycles. The largest absolute Gasteiger partial charge is 0.390 e. The van der Waals surface area contributed by atoms with Crippen molar-refractivity contribution >= 4 is 48.5 Å². The van der Waals surface area contributed by atoms with Gasteiger partial charge >= 0.3 is 10.1 Å². The molecule has 14 nitrogen and oxygen atoms in total. The van der Waals surface area contributed by atoms with E-state index in [1.54, 1.807) is 12.1 Å². The Hall–Kier alpha value is -2.58. The number of nitrogens with two attached hydrogens (primary N) is 5. The van der Waals surface area contributed by atoms with E-state index in [2.05, 4.69) is 19.1 Å². The van der Waals surface area contributed by atoms with Crippen molar-refractivity contribution in [2.24, 2.45) is 34.0 Å². The van der Waals surface area contributed by atoms with E-state index >= 15 is 0 Å². The molecule has 2 atom stereocenters. The van der Waals surface area contributed by atoms with Gasteiger partial charge in [0.05, 0.1) is 21.2 Å². The Morgan fingerprint density at radius 2 is 2.00 bits per heavy atom. The summed E-state index contributed by atoms with van der Waals surface area (Å²) >= 11 is 1.38. The van der Waals surface area contributed by atoms with Crippen LogP contribution in [-0.2, 0) is 31.9 Å². The zero-order valence-corrected chi connectivity index (χ0v) is 20.6. The molecule has 1 unspecified atom stereocenters. The number of benzene rings is 2. The van der Waals surface area contributed by atoms with Crippen molar-refractivity contribution in [2.75, 3.05) is 13.1 Å². The smallest absolute Gasteiger partial charge is 0.314 e. The summed E-state index contributed by atoms with van der Waals surface area (Å²) in [5.74, 6) is 10.0. The first-order valence-corrected chi connectivity index (χ1v) is 13.3. The molecular formula is C18H25N9O5S3. The average molecular weight is 544 g/mol. The molecule has 0 radical (unpaired) electrons. The van der Waals surface area contributed by atoms with E-state index in [9.17, 15) is 17.7 Å². The molecule has 0 bridgehead atoms. The maximum absolute atomic E-state index is 13.0. The zero-order valence-electron chi connectivity index (χ0n) is 18.2. The van der Waals surface area contributed by atoms with E-state index in [4.69, 9.17) is 28.9 Å². The molecule has 0 amide bonds. The highest BCUT2D eigenvalue weighted by atomic mass is 32.2. The minimum atomic E-state index is -4.70. The van der Waals surface area contributed by atoms with Gasteiger partial charge in [-0.2, -0.15) is 18.6 Å². The molecule has 1 aromatic heterocycles. The number of aliphatic hydroxyl groups is 1. The van der Waals surface area contributed by atoms with Gasteiger partial charge in [0.1, 0.15) is 20.9 Å². The first-order chi connectivity index (χ1) is 16.7. The van der Waals surface area contributed by atoms with Crippen LogP contribution in [-0.4, -0.2) is 47.7 Å². The van der Waals surface area contributed by atoms with Gasteiger partial charge in [-0.3, -0.25) is 0 Å². The van der Waals surface area contributed by atoms with E-state index in [1.807, 2.05) is 11.6 Å². The molecule has 2 aromatic carbocycles. The molecular weight excluding hydrogens is 518 g/mol. The Bertz CT molecular complexity index is 1380. The summed E-state index contributed by atoms with van der Waals surface area (Å²) in [7, 11) is -6.86. The van der Waals surface area contributed by atoms with E-state index in [-0.39, 0.29) is 41.5 Å². The molecule has 17 heteroatoms. The predicted octanol–water partition coefficient (Wildman–Crippen LogP) is -1.98. The summed E-state index contributed by atoms with van der Waals surface area (Å²) < 4.78 is 46.6. The van der Waals surface area contributed by atoms with Crippen LogP contribution in [0.15, 0.2) is 45.2 Å². The number of thiazole rings is 1. The van der Waals surface area contributed by atoms with E-state index < -0.39 is 32.1 Å². The Kier molecular flexibility index (Phi) is 8.83. The summed E-state index contributed by atoms with van der Waals surface area (Å²) in [6.07, 6.45) is -1.02. The minimum absolute atomic E-state index is 0.102. The summed E-state index contributed by atoms with van der Waals surface area (Å²) in [5.41, 5.74) is 20.4. The van der Waals surface area contributed by atoms with Crippen molar-refractivity contribution in [3.8, 4) is 11.1 Å². The highest BCUT2D eigenvalue weighted by Crippen LogP contribution is 2.37. The summed E-state index contributed by atoms with van der Waals surface area (Å²) in [4.78, 5) is 3.69. The molecule has 0 saturated carbocycles. The maximum Gasteiger partial charge on any atom is 0.314 e. The SMILES string of the molecule is NCc1nc2c(-c3ccc(S(=O)NC[C@@H](O)CN)c(S(=O)(=O)ON)c3/C(N)=N/NN)cccc2s1. The lowest BCUT2D eigenvalue weighted by Crippen LogP contribution is -2.34. The number of para-hydroxylation sites is 1. The number of rotatable bonds is 11. The highest BCUT2D eigenvalue weighted by molar-refractivity contribution is 7.88. The number of hydrazine groups is 1. The lowest BCUT2D eigenvalue weighted by Gasteiger charge is -2.18. The monoisotopic (exact) mass is 543 g/mol. The number of amidine groups is 1. The third kappa shape index (κ3) is 5.64. The van der Waals surface area contributed by atoms with Crippen LogP contribution >= 0.6 is 11.3 Å². The highest BCUT2D eigenvalue weighted by Gasteiger charge is 2.31. The number of aromatic nitrogens is 1. The average Bonchev–Trinajstić information content (AvgIpc) is 3.30. The molecule has 3 rings (SSSR count). The summed E-state index contributed by atoms with van der Waals surface area (Å²) in [5, 5.41) is 14.1. The van der Waals surface area contributed by atoms with Crippen molar-refractivity contribution in [1.82, 2.24) is 15.2 Å². The predicted molar refractivity (Wildman–Crippen MR) is 133 cm³/mol. The molecule has 0 aliphatic heterocycles. The van der Waals surface area contributed by atoms with Gasteiger partial charge in [0, 0.05) is 30.8 Å². The Labute approximate surface area is 207 Å². The van der Waals surface area contributed by atoms with E-state index in [0.29, 0.717) is 16.1 Å². The second-order valence-corrected chi connectivity index (χ2v) is 10.9. The molecule has 35 heavy (non-hydrogen) atoms. The molecule has 1 heterocycles. The van der Waals surface area contributed by atoms with Crippen molar-refractivity contribution in [3.63, 3.8) is 0 Å². The molecule has 0 fully saturated rings. The van der Waals surface area contributed by atoms with Gasteiger partial charge in [0.2, 0.25) is 0 Å². The fourth-order valence-electron chi connectivity index (χ4n) is 3.24. The first-order valence-electron chi connectivity index (χ1n) is 9.90. The van der Waals surface area contributed by atoms with Crippen LogP contribution in [0.4, 0.5) is 0 Å². The number of hydrogen-bond donors (Lipinski definition) is 8. The van der Waals surface area contributed by atoms with Crippen LogP contribution in [0.3, 0.4) is 0 Å². The number of fused-ring (bicyclic) bond motifs is 1. The fraction of sp³-hybridized carbons (Fsp3) is 0.222. The number of nitrogens with zero attached hydrogens (tertiary/aromatic N) is 2. The van der Waals surface area contributed by atoms with Crippen molar-refractivity contribution in [2.45, 2.75) is 22.4 Å². The number of aliphatic hydroxyl groups excluding tert-OH is 1. The topological polar surface area (TPSA) is 260 Å². The molecule has 190 valence electrons. The van der Waals surface area contributed by atoms with E-state index in [1.165, 1.54) is 23.5 Å². The van der Waals surface area contributed by atoms with E-state index in [0.717, 1.165) is 4.70 Å². The number of hydrogen-bond acceptors (Lipinski definition) is 13. The van der Waals surface area contributed by atoms with Crippen LogP contribution in [0.2, 0.25) is 0 Å². The minimum Gasteiger partial charge on any atom is -0.390 e. The summed E-state index contributed by atoms with van der Waals surface area (Å²) in [6, 6.07) is 8.11. The van der Waals surface area contributed by atoms with Gasteiger partial charge < -0.3 is 22.3 Å². The van der Waals surface area contributed by atoms with Crippen molar-refractivity contribution in [3.05, 3.63) is 40.9 Å². The van der Waals surface area contributed by atoms with Gasteiger partial charge in [0.25, 0.3) is 0 Å². The number of hydrazone groups is 1. The zero-order chi connectivity index (χ0) is 25.8.